The third-order valence-electron chi connectivity index (χ3n) is 2.98. The van der Waals surface area contributed by atoms with Crippen LogP contribution in [-0.2, 0) is 9.47 Å². The summed E-state index contributed by atoms with van der Waals surface area (Å²) in [6, 6.07) is 0. The first-order valence-corrected chi connectivity index (χ1v) is 4.65. The van der Waals surface area contributed by atoms with Crippen LogP contribution in [0.15, 0.2) is 0 Å². The zero-order chi connectivity index (χ0) is 8.66. The van der Waals surface area contributed by atoms with E-state index in [-0.39, 0.29) is 11.2 Å². The first-order valence-electron chi connectivity index (χ1n) is 4.65. The van der Waals surface area contributed by atoms with E-state index in [0.717, 1.165) is 32.7 Å². The van der Waals surface area contributed by atoms with Gasteiger partial charge in [-0.1, -0.05) is 13.8 Å². The number of rotatable bonds is 0. The van der Waals surface area contributed by atoms with Gasteiger partial charge in [-0.2, -0.15) is 0 Å². The van der Waals surface area contributed by atoms with Crippen molar-refractivity contribution in [2.75, 3.05) is 26.3 Å². The number of ether oxygens (including phenoxy) is 2. The van der Waals surface area contributed by atoms with Crippen LogP contribution in [0.2, 0.25) is 0 Å². The van der Waals surface area contributed by atoms with E-state index in [0.29, 0.717) is 0 Å². The molecule has 0 atom stereocenters. The van der Waals surface area contributed by atoms with Gasteiger partial charge in [-0.05, 0) is 0 Å². The van der Waals surface area contributed by atoms with E-state index >= 15 is 0 Å². The highest BCUT2D eigenvalue weighted by atomic mass is 16.7. The summed E-state index contributed by atoms with van der Waals surface area (Å²) in [5.41, 5.74) is 0.0990. The van der Waals surface area contributed by atoms with Gasteiger partial charge >= 0.3 is 0 Å². The Labute approximate surface area is 73.4 Å². The standard InChI is InChI=1S/C9H17NO2/c1-8(2)7-10-4-3-9(8)11-5-6-12-9/h10H,3-7H2,1-2H3. The molecule has 2 rings (SSSR count). The Morgan fingerprint density at radius 1 is 1.17 bits per heavy atom. The highest BCUT2D eigenvalue weighted by Crippen LogP contribution is 2.42. The first kappa shape index (κ1) is 8.48. The topological polar surface area (TPSA) is 30.5 Å². The summed E-state index contributed by atoms with van der Waals surface area (Å²) in [6.07, 6.45) is 0.972. The molecule has 3 heteroatoms. The van der Waals surface area contributed by atoms with Gasteiger partial charge in [0.15, 0.2) is 5.79 Å². The van der Waals surface area contributed by atoms with Gasteiger partial charge in [0.1, 0.15) is 0 Å². The summed E-state index contributed by atoms with van der Waals surface area (Å²) in [6.45, 7) is 7.89. The molecular formula is C9H17NO2. The predicted octanol–water partition coefficient (Wildman–Crippen LogP) is 0.749. The Hall–Kier alpha value is -0.120. The molecule has 2 heterocycles. The third-order valence-corrected chi connectivity index (χ3v) is 2.98. The molecule has 2 aliphatic rings. The molecule has 0 saturated carbocycles. The molecule has 0 aromatic rings. The van der Waals surface area contributed by atoms with Crippen LogP contribution in [0, 0.1) is 5.41 Å². The molecule has 1 N–H and O–H groups in total. The summed E-state index contributed by atoms with van der Waals surface area (Å²) in [7, 11) is 0. The number of hydrogen-bond donors (Lipinski definition) is 1. The summed E-state index contributed by atoms with van der Waals surface area (Å²) in [5.74, 6) is -0.293. The fraction of sp³-hybridized carbons (Fsp3) is 1.00. The van der Waals surface area contributed by atoms with Crippen LogP contribution in [0.5, 0.6) is 0 Å². The molecule has 0 aromatic heterocycles. The van der Waals surface area contributed by atoms with Gasteiger partial charge < -0.3 is 14.8 Å². The van der Waals surface area contributed by atoms with Gasteiger partial charge in [-0.25, -0.2) is 0 Å². The maximum absolute atomic E-state index is 5.73. The predicted molar refractivity (Wildman–Crippen MR) is 45.9 cm³/mol. The molecule has 12 heavy (non-hydrogen) atoms. The lowest BCUT2D eigenvalue weighted by atomic mass is 9.78. The molecule has 0 bridgehead atoms. The highest BCUT2D eigenvalue weighted by Gasteiger charge is 2.51. The molecular weight excluding hydrogens is 154 g/mol. The van der Waals surface area contributed by atoms with Crippen molar-refractivity contribution in [3.05, 3.63) is 0 Å². The van der Waals surface area contributed by atoms with E-state index in [1.54, 1.807) is 0 Å². The van der Waals surface area contributed by atoms with Crippen LogP contribution in [0.3, 0.4) is 0 Å². The second-order valence-electron chi connectivity index (χ2n) is 4.26. The fourth-order valence-corrected chi connectivity index (χ4v) is 2.12. The number of nitrogens with one attached hydrogen (secondary N) is 1. The Balaban J connectivity index is 2.19. The summed E-state index contributed by atoms with van der Waals surface area (Å²) >= 11 is 0. The third kappa shape index (κ3) is 1.08. The molecule has 0 aliphatic carbocycles. The molecule has 0 unspecified atom stereocenters. The van der Waals surface area contributed by atoms with Gasteiger partial charge in [0.2, 0.25) is 0 Å². The fourth-order valence-electron chi connectivity index (χ4n) is 2.12. The van der Waals surface area contributed by atoms with Crippen LogP contribution in [-0.4, -0.2) is 32.1 Å². The SMILES string of the molecule is CC1(C)CNCCC12OCCO2. The minimum atomic E-state index is -0.293. The van der Waals surface area contributed by atoms with Gasteiger partial charge in [-0.15, -0.1) is 0 Å². The molecule has 70 valence electrons. The smallest absolute Gasteiger partial charge is 0.175 e. The van der Waals surface area contributed by atoms with Crippen molar-refractivity contribution in [1.82, 2.24) is 5.32 Å². The van der Waals surface area contributed by atoms with Crippen LogP contribution in [0.25, 0.3) is 0 Å². The minimum Gasteiger partial charge on any atom is -0.347 e. The maximum Gasteiger partial charge on any atom is 0.175 e. The zero-order valence-corrected chi connectivity index (χ0v) is 7.85. The Bertz CT molecular complexity index is 173. The molecule has 0 radical (unpaired) electrons. The summed E-state index contributed by atoms with van der Waals surface area (Å²) in [4.78, 5) is 0. The lowest BCUT2D eigenvalue weighted by Gasteiger charge is -2.45. The van der Waals surface area contributed by atoms with Crippen molar-refractivity contribution in [1.29, 1.82) is 0 Å². The average Bonchev–Trinajstić information content (AvgIpc) is 2.46. The van der Waals surface area contributed by atoms with E-state index in [1.165, 1.54) is 0 Å². The van der Waals surface area contributed by atoms with Crippen molar-refractivity contribution in [2.24, 2.45) is 5.41 Å². The molecule has 3 nitrogen and oxygen atoms in total. The van der Waals surface area contributed by atoms with Gasteiger partial charge in [0, 0.05) is 24.9 Å². The second kappa shape index (κ2) is 2.69. The van der Waals surface area contributed by atoms with Crippen LogP contribution in [0.1, 0.15) is 20.3 Å². The van der Waals surface area contributed by atoms with E-state index in [1.807, 2.05) is 0 Å². The summed E-state index contributed by atoms with van der Waals surface area (Å²) < 4.78 is 11.5. The maximum atomic E-state index is 5.73. The van der Waals surface area contributed by atoms with E-state index in [9.17, 15) is 0 Å². The first-order chi connectivity index (χ1) is 5.66. The molecule has 1 spiro atoms. The number of hydrogen-bond acceptors (Lipinski definition) is 3. The van der Waals surface area contributed by atoms with Crippen molar-refractivity contribution in [2.45, 2.75) is 26.1 Å². The quantitative estimate of drug-likeness (QED) is 0.583. The average molecular weight is 171 g/mol. The highest BCUT2D eigenvalue weighted by molar-refractivity contribution is 4.95. The molecule has 0 amide bonds. The van der Waals surface area contributed by atoms with Gasteiger partial charge in [0.25, 0.3) is 0 Å². The molecule has 2 aliphatic heterocycles. The van der Waals surface area contributed by atoms with Crippen molar-refractivity contribution >= 4 is 0 Å². The largest absolute Gasteiger partial charge is 0.347 e. The molecule has 2 fully saturated rings. The lowest BCUT2D eigenvalue weighted by molar-refractivity contribution is -0.239. The van der Waals surface area contributed by atoms with Crippen molar-refractivity contribution < 1.29 is 9.47 Å². The lowest BCUT2D eigenvalue weighted by Crippen LogP contribution is -2.56. The summed E-state index contributed by atoms with van der Waals surface area (Å²) in [5, 5.41) is 3.37. The van der Waals surface area contributed by atoms with Crippen LogP contribution in [0.4, 0.5) is 0 Å². The van der Waals surface area contributed by atoms with Crippen LogP contribution < -0.4 is 5.32 Å². The Morgan fingerprint density at radius 2 is 1.83 bits per heavy atom. The normalized spacial score (nSPS) is 32.5. The molecule has 0 aromatic carbocycles. The Morgan fingerprint density at radius 3 is 2.42 bits per heavy atom. The van der Waals surface area contributed by atoms with E-state index < -0.39 is 0 Å². The van der Waals surface area contributed by atoms with Gasteiger partial charge in [-0.3, -0.25) is 0 Å². The van der Waals surface area contributed by atoms with Crippen molar-refractivity contribution in [3.8, 4) is 0 Å². The number of piperidine rings is 1. The molecule has 2 saturated heterocycles. The van der Waals surface area contributed by atoms with Crippen LogP contribution >= 0.6 is 0 Å². The van der Waals surface area contributed by atoms with Gasteiger partial charge in [0.05, 0.1) is 13.2 Å². The second-order valence-corrected chi connectivity index (χ2v) is 4.26. The monoisotopic (exact) mass is 171 g/mol. The van der Waals surface area contributed by atoms with Crippen molar-refractivity contribution in [3.63, 3.8) is 0 Å². The zero-order valence-electron chi connectivity index (χ0n) is 7.85. The van der Waals surface area contributed by atoms with E-state index in [2.05, 4.69) is 19.2 Å². The van der Waals surface area contributed by atoms with E-state index in [4.69, 9.17) is 9.47 Å². The Kier molecular flexibility index (Phi) is 1.90. The minimum absolute atomic E-state index is 0.0990.